The Labute approximate surface area is 131 Å². The zero-order chi connectivity index (χ0) is 15.6. The molecule has 0 fully saturated rings. The predicted octanol–water partition coefficient (Wildman–Crippen LogP) is 5.05. The third kappa shape index (κ3) is 19.2. The fourth-order valence-corrected chi connectivity index (χ4v) is 2.54. The maximum absolute atomic E-state index is 10.3. The van der Waals surface area contributed by atoms with Gasteiger partial charge in [0.1, 0.15) is 0 Å². The molecule has 3 N–H and O–H groups in total. The van der Waals surface area contributed by atoms with Crippen molar-refractivity contribution in [2.45, 2.75) is 89.9 Å². The summed E-state index contributed by atoms with van der Waals surface area (Å²) in [7, 11) is 0. The van der Waals surface area contributed by atoms with Gasteiger partial charge in [0.2, 0.25) is 0 Å². The lowest BCUT2D eigenvalue weighted by molar-refractivity contribution is -0.131. The highest BCUT2D eigenvalue weighted by molar-refractivity contribution is 5.79. The van der Waals surface area contributed by atoms with Gasteiger partial charge < -0.3 is 10.8 Å². The molecule has 3 heteroatoms. The van der Waals surface area contributed by atoms with Gasteiger partial charge in [0.15, 0.2) is 0 Å². The number of aliphatic carboxylic acids is 1. The number of hydrogen-bond acceptors (Lipinski definition) is 2. The first-order chi connectivity index (χ1) is 10.3. The molecule has 0 heterocycles. The van der Waals surface area contributed by atoms with Crippen molar-refractivity contribution in [2.75, 3.05) is 6.54 Å². The van der Waals surface area contributed by atoms with E-state index in [4.69, 9.17) is 10.8 Å². The Hall–Kier alpha value is -0.830. The molecule has 0 radical (unpaired) electrons. The minimum absolute atomic E-state index is 0.839. The molecule has 0 aromatic rings. The number of carbonyl (C=O) groups is 1. The Morgan fingerprint density at radius 2 is 1.10 bits per heavy atom. The second-order valence-corrected chi connectivity index (χ2v) is 5.91. The maximum Gasteiger partial charge on any atom is 0.327 e. The predicted molar refractivity (Wildman–Crippen MR) is 90.5 cm³/mol. The summed E-state index contributed by atoms with van der Waals surface area (Å²) in [5, 5.41) is 8.44. The van der Waals surface area contributed by atoms with Crippen LogP contribution in [0.5, 0.6) is 0 Å². The molecule has 0 aromatic carbocycles. The molecule has 124 valence electrons. The first-order valence-electron chi connectivity index (χ1n) is 8.87. The van der Waals surface area contributed by atoms with Crippen LogP contribution >= 0.6 is 0 Å². The SMILES string of the molecule is NCCCCCCCCCCCCCCCC=CC(=O)O. The van der Waals surface area contributed by atoms with Crippen LogP contribution in [0.2, 0.25) is 0 Å². The highest BCUT2D eigenvalue weighted by atomic mass is 16.4. The molecule has 0 aliphatic heterocycles. The van der Waals surface area contributed by atoms with Crippen LogP contribution in [0.1, 0.15) is 89.9 Å². The Kier molecular flexibility index (Phi) is 16.5. The van der Waals surface area contributed by atoms with E-state index in [1.165, 1.54) is 83.1 Å². The van der Waals surface area contributed by atoms with Crippen LogP contribution < -0.4 is 5.73 Å². The number of rotatable bonds is 16. The number of carboxylic acids is 1. The summed E-state index contributed by atoms with van der Waals surface area (Å²) in [6, 6.07) is 0. The highest BCUT2D eigenvalue weighted by Gasteiger charge is 1.94. The summed E-state index contributed by atoms with van der Waals surface area (Å²) < 4.78 is 0. The topological polar surface area (TPSA) is 63.3 Å². The van der Waals surface area contributed by atoms with Gasteiger partial charge in [-0.05, 0) is 25.8 Å². The molecule has 0 saturated heterocycles. The summed E-state index contributed by atoms with van der Waals surface area (Å²) in [5.41, 5.74) is 5.47. The van der Waals surface area contributed by atoms with E-state index in [0.29, 0.717) is 0 Å². The second kappa shape index (κ2) is 17.2. The lowest BCUT2D eigenvalue weighted by Gasteiger charge is -2.02. The summed E-state index contributed by atoms with van der Waals surface area (Å²) in [6.07, 6.45) is 21.0. The van der Waals surface area contributed by atoms with Crippen LogP contribution in [0.15, 0.2) is 12.2 Å². The van der Waals surface area contributed by atoms with Gasteiger partial charge in [-0.15, -0.1) is 0 Å². The van der Waals surface area contributed by atoms with Gasteiger partial charge in [0, 0.05) is 6.08 Å². The van der Waals surface area contributed by atoms with E-state index in [-0.39, 0.29) is 0 Å². The van der Waals surface area contributed by atoms with Crippen LogP contribution in [0.4, 0.5) is 0 Å². The zero-order valence-corrected chi connectivity index (χ0v) is 13.7. The Bertz CT molecular complexity index is 252. The van der Waals surface area contributed by atoms with Crippen molar-refractivity contribution in [3.8, 4) is 0 Å². The van der Waals surface area contributed by atoms with E-state index in [1.807, 2.05) is 0 Å². The van der Waals surface area contributed by atoms with E-state index >= 15 is 0 Å². The Morgan fingerprint density at radius 1 is 0.714 bits per heavy atom. The molecule has 0 aliphatic carbocycles. The largest absolute Gasteiger partial charge is 0.478 e. The maximum atomic E-state index is 10.3. The molecule has 0 aliphatic rings. The van der Waals surface area contributed by atoms with Crippen LogP contribution in [0.3, 0.4) is 0 Å². The van der Waals surface area contributed by atoms with E-state index in [9.17, 15) is 4.79 Å². The van der Waals surface area contributed by atoms with Crippen molar-refractivity contribution < 1.29 is 9.90 Å². The highest BCUT2D eigenvalue weighted by Crippen LogP contribution is 2.12. The molecule has 0 bridgehead atoms. The summed E-state index contributed by atoms with van der Waals surface area (Å²) in [4.78, 5) is 10.3. The average Bonchev–Trinajstić information content (AvgIpc) is 2.46. The van der Waals surface area contributed by atoms with Gasteiger partial charge >= 0.3 is 5.97 Å². The lowest BCUT2D eigenvalue weighted by Crippen LogP contribution is -1.97. The normalized spacial score (nSPS) is 11.3. The van der Waals surface area contributed by atoms with Crippen molar-refractivity contribution in [1.82, 2.24) is 0 Å². The van der Waals surface area contributed by atoms with Crippen molar-refractivity contribution in [3.63, 3.8) is 0 Å². The molecule has 3 nitrogen and oxygen atoms in total. The smallest absolute Gasteiger partial charge is 0.327 e. The van der Waals surface area contributed by atoms with Crippen molar-refractivity contribution in [1.29, 1.82) is 0 Å². The van der Waals surface area contributed by atoms with E-state index < -0.39 is 5.97 Å². The molecule has 0 saturated carbocycles. The first kappa shape index (κ1) is 20.2. The van der Waals surface area contributed by atoms with Gasteiger partial charge in [-0.3, -0.25) is 0 Å². The first-order valence-corrected chi connectivity index (χ1v) is 8.87. The van der Waals surface area contributed by atoms with Gasteiger partial charge in [-0.2, -0.15) is 0 Å². The minimum Gasteiger partial charge on any atom is -0.478 e. The number of unbranched alkanes of at least 4 members (excludes halogenated alkanes) is 13. The summed E-state index contributed by atoms with van der Waals surface area (Å²) in [6.45, 7) is 0.843. The van der Waals surface area contributed by atoms with Crippen LogP contribution in [0.25, 0.3) is 0 Å². The summed E-state index contributed by atoms with van der Waals surface area (Å²) in [5.74, 6) is -0.839. The Balaban J connectivity index is 3.01. The second-order valence-electron chi connectivity index (χ2n) is 5.91. The molecule has 0 spiro atoms. The molecule has 0 unspecified atom stereocenters. The van der Waals surface area contributed by atoms with Crippen molar-refractivity contribution in [2.24, 2.45) is 5.73 Å². The number of carboxylic acid groups (broad SMARTS) is 1. The molecule has 0 rings (SSSR count). The molecule has 0 amide bonds. The molecular formula is C18H35NO2. The van der Waals surface area contributed by atoms with E-state index in [2.05, 4.69) is 0 Å². The van der Waals surface area contributed by atoms with E-state index in [0.717, 1.165) is 19.4 Å². The monoisotopic (exact) mass is 297 g/mol. The third-order valence-corrected chi connectivity index (χ3v) is 3.84. The van der Waals surface area contributed by atoms with Crippen LogP contribution in [0, 0.1) is 0 Å². The fourth-order valence-electron chi connectivity index (χ4n) is 2.54. The van der Waals surface area contributed by atoms with Gasteiger partial charge in [-0.25, -0.2) is 4.79 Å². The van der Waals surface area contributed by atoms with Gasteiger partial charge in [0.05, 0.1) is 0 Å². The average molecular weight is 297 g/mol. The molecule has 0 aromatic heterocycles. The Morgan fingerprint density at radius 3 is 1.48 bits per heavy atom. The molecular weight excluding hydrogens is 262 g/mol. The standard InChI is InChI=1S/C18H35NO2/c19-17-15-13-11-9-7-5-3-1-2-4-6-8-10-12-14-16-18(20)21/h14,16H,1-13,15,17,19H2,(H,20,21). The van der Waals surface area contributed by atoms with Gasteiger partial charge in [-0.1, -0.05) is 76.7 Å². The quantitative estimate of drug-likeness (QED) is 0.309. The molecule has 0 atom stereocenters. The van der Waals surface area contributed by atoms with Crippen LogP contribution in [-0.4, -0.2) is 17.6 Å². The number of hydrogen-bond donors (Lipinski definition) is 2. The molecule has 21 heavy (non-hydrogen) atoms. The fraction of sp³-hybridized carbons (Fsp3) is 0.833. The van der Waals surface area contributed by atoms with Crippen molar-refractivity contribution in [3.05, 3.63) is 12.2 Å². The summed E-state index contributed by atoms with van der Waals surface area (Å²) >= 11 is 0. The van der Waals surface area contributed by atoms with Gasteiger partial charge in [0.25, 0.3) is 0 Å². The minimum atomic E-state index is -0.839. The lowest BCUT2D eigenvalue weighted by atomic mass is 10.0. The zero-order valence-electron chi connectivity index (χ0n) is 13.7. The van der Waals surface area contributed by atoms with E-state index in [1.54, 1.807) is 6.08 Å². The third-order valence-electron chi connectivity index (χ3n) is 3.84. The van der Waals surface area contributed by atoms with Crippen LogP contribution in [-0.2, 0) is 4.79 Å². The van der Waals surface area contributed by atoms with Crippen molar-refractivity contribution >= 4 is 5.97 Å². The number of nitrogens with two attached hydrogens (primary N) is 1. The number of allylic oxidation sites excluding steroid dienone is 1.